The topological polar surface area (TPSA) is 113 Å². The number of carbonyl (C=O) groups is 2. The van der Waals surface area contributed by atoms with Gasteiger partial charge in [0.05, 0.1) is 26.8 Å². The van der Waals surface area contributed by atoms with Crippen molar-refractivity contribution in [3.8, 4) is 11.5 Å². The first kappa shape index (κ1) is 22.4. The molecule has 33 heavy (non-hydrogen) atoms. The zero-order valence-corrected chi connectivity index (χ0v) is 21.8. The minimum absolute atomic E-state index is 0.0188. The number of aromatic nitrogens is 3. The van der Waals surface area contributed by atoms with Crippen LogP contribution in [0.3, 0.4) is 0 Å². The Labute approximate surface area is 214 Å². The van der Waals surface area contributed by atoms with Crippen molar-refractivity contribution in [2.75, 3.05) is 7.11 Å². The highest BCUT2D eigenvalue weighted by Gasteiger charge is 2.45. The number of hydrogen-bond donors (Lipinski definition) is 1. The number of allylic oxidation sites excluding steroid dienone is 6. The van der Waals surface area contributed by atoms with Gasteiger partial charge in [-0.1, -0.05) is 6.08 Å². The summed E-state index contributed by atoms with van der Waals surface area (Å²) in [5.41, 5.74) is 1.22. The van der Waals surface area contributed by atoms with Gasteiger partial charge in [0.1, 0.15) is 0 Å². The van der Waals surface area contributed by atoms with Gasteiger partial charge in [-0.15, -0.1) is 0 Å². The van der Waals surface area contributed by atoms with E-state index in [1.54, 1.807) is 12.1 Å². The molecule has 2 heterocycles. The minimum atomic E-state index is -0.632. The molecule has 11 heteroatoms. The van der Waals surface area contributed by atoms with Crippen molar-refractivity contribution in [1.29, 1.82) is 0 Å². The zero-order valence-electron chi connectivity index (χ0n) is 17.5. The van der Waals surface area contributed by atoms with Crippen molar-refractivity contribution in [2.24, 2.45) is 7.05 Å². The number of fused-ring (bicyclic) bond motifs is 3. The molecule has 5 rings (SSSR count). The molecule has 0 saturated carbocycles. The van der Waals surface area contributed by atoms with Crippen molar-refractivity contribution in [3.63, 3.8) is 0 Å². The summed E-state index contributed by atoms with van der Waals surface area (Å²) in [5.74, 6) is -0.921. The molecule has 2 aromatic rings. The number of carbonyl (C=O) groups excluding carboxylic acids is 2. The monoisotopic (exact) mass is 673 g/mol. The Hall–Kier alpha value is -2.42. The summed E-state index contributed by atoms with van der Waals surface area (Å²) in [7, 11) is 2.85. The van der Waals surface area contributed by atoms with Gasteiger partial charge in [-0.2, -0.15) is 0 Å². The van der Waals surface area contributed by atoms with Gasteiger partial charge in [0.25, 0.3) is 0 Å². The van der Waals surface area contributed by atoms with Gasteiger partial charge in [-0.3, -0.25) is 9.59 Å². The van der Waals surface area contributed by atoms with Crippen LogP contribution in [0, 0.1) is 3.57 Å². The molecule has 0 amide bonds. The van der Waals surface area contributed by atoms with Gasteiger partial charge in [-0.05, 0) is 68.5 Å². The molecule has 1 aromatic heterocycles. The predicted molar refractivity (Wildman–Crippen MR) is 135 cm³/mol. The molecule has 1 aromatic carbocycles. The number of ketones is 2. The summed E-state index contributed by atoms with van der Waals surface area (Å²) in [6.07, 6.45) is 3.31. The predicted octanol–water partition coefficient (Wildman–Crippen LogP) is 2.10. The molecule has 170 valence electrons. The lowest BCUT2D eigenvalue weighted by Gasteiger charge is -2.39. The fourth-order valence-electron chi connectivity index (χ4n) is 4.87. The van der Waals surface area contributed by atoms with Crippen LogP contribution in [-0.2, 0) is 23.2 Å². The Morgan fingerprint density at radius 1 is 1.12 bits per heavy atom. The van der Waals surface area contributed by atoms with Gasteiger partial charge < -0.3 is 9.84 Å². The molecule has 1 N–H and O–H groups in total. The first-order valence-electron chi connectivity index (χ1n) is 9.99. The maximum Gasteiger partial charge on any atom is 0.347 e. The van der Waals surface area contributed by atoms with Crippen LogP contribution in [0.25, 0.3) is 0 Å². The second-order valence-electron chi connectivity index (χ2n) is 8.04. The normalized spacial score (nSPS) is 21.8. The van der Waals surface area contributed by atoms with Crippen LogP contribution in [0.5, 0.6) is 11.5 Å². The van der Waals surface area contributed by atoms with E-state index in [1.807, 2.05) is 51.3 Å². The first-order valence-corrected chi connectivity index (χ1v) is 12.1. The van der Waals surface area contributed by atoms with Gasteiger partial charge in [0.15, 0.2) is 23.1 Å². The van der Waals surface area contributed by atoms with Crippen LogP contribution in [0.2, 0.25) is 0 Å². The fourth-order valence-corrected chi connectivity index (χ4v) is 6.07. The lowest BCUT2D eigenvalue weighted by atomic mass is 9.69. The average Bonchev–Trinajstić information content (AvgIpc) is 3.02. The second kappa shape index (κ2) is 7.82. The Bertz CT molecular complexity index is 1490. The van der Waals surface area contributed by atoms with E-state index in [4.69, 9.17) is 4.74 Å². The van der Waals surface area contributed by atoms with Gasteiger partial charge >= 0.3 is 11.4 Å². The minimum Gasteiger partial charge on any atom is -0.504 e. The smallest absolute Gasteiger partial charge is 0.347 e. The molecule has 0 fully saturated rings. The SMILES string of the molecule is COc1cc([C@H]2C3=CCn4c(=O)n(C)c(=O)n4[C@@H]3CC3=C2C(=O)C(I)=CC3=O)cc(I)c1O. The number of ether oxygens (including phenoxy) is 1. The number of aromatic hydroxyl groups is 1. The van der Waals surface area contributed by atoms with E-state index < -0.39 is 23.3 Å². The fraction of sp³-hybridized carbons (Fsp3) is 0.273. The van der Waals surface area contributed by atoms with Crippen LogP contribution in [-0.4, -0.2) is 37.7 Å². The van der Waals surface area contributed by atoms with E-state index in [0.717, 1.165) is 10.1 Å². The quantitative estimate of drug-likeness (QED) is 0.297. The van der Waals surface area contributed by atoms with Crippen molar-refractivity contribution >= 4 is 56.7 Å². The number of phenolic OH excluding ortho intramolecular Hbond substituents is 1. The van der Waals surface area contributed by atoms with Crippen molar-refractivity contribution in [3.05, 3.63) is 74.7 Å². The van der Waals surface area contributed by atoms with E-state index in [-0.39, 0.29) is 36.0 Å². The largest absolute Gasteiger partial charge is 0.504 e. The molecule has 9 nitrogen and oxygen atoms in total. The number of methoxy groups -OCH3 is 1. The third kappa shape index (κ3) is 3.15. The van der Waals surface area contributed by atoms with E-state index in [0.29, 0.717) is 23.9 Å². The summed E-state index contributed by atoms with van der Waals surface area (Å²) >= 11 is 3.85. The maximum absolute atomic E-state index is 13.3. The number of nitrogens with zero attached hydrogens (tertiary/aromatic N) is 3. The summed E-state index contributed by atoms with van der Waals surface area (Å²) in [4.78, 5) is 51.8. The zero-order chi connectivity index (χ0) is 23.8. The molecule has 0 radical (unpaired) electrons. The average molecular weight is 673 g/mol. The van der Waals surface area contributed by atoms with E-state index in [1.165, 1.54) is 29.6 Å². The van der Waals surface area contributed by atoms with Crippen LogP contribution >= 0.6 is 45.2 Å². The van der Waals surface area contributed by atoms with Crippen molar-refractivity contribution in [2.45, 2.75) is 24.9 Å². The molecular weight excluding hydrogens is 656 g/mol. The Morgan fingerprint density at radius 2 is 1.85 bits per heavy atom. The number of Topliss-reactive ketones (excluding diaryl/α,β-unsaturated/α-hetero) is 1. The number of benzene rings is 1. The van der Waals surface area contributed by atoms with Crippen LogP contribution in [0.1, 0.15) is 23.9 Å². The van der Waals surface area contributed by atoms with Crippen molar-refractivity contribution < 1.29 is 19.4 Å². The lowest BCUT2D eigenvalue weighted by Crippen LogP contribution is -2.40. The molecule has 1 aliphatic heterocycles. The van der Waals surface area contributed by atoms with Gasteiger partial charge in [0.2, 0.25) is 0 Å². The molecule has 0 bridgehead atoms. The summed E-state index contributed by atoms with van der Waals surface area (Å²) in [6.45, 7) is 0.168. The molecule has 3 aliphatic rings. The van der Waals surface area contributed by atoms with Crippen LogP contribution in [0.4, 0.5) is 0 Å². The molecule has 2 atom stereocenters. The maximum atomic E-state index is 13.3. The summed E-state index contributed by atoms with van der Waals surface area (Å²) in [6, 6.07) is 2.80. The Morgan fingerprint density at radius 3 is 2.55 bits per heavy atom. The standard InChI is InChI=1S/C22H17I2N3O6/c1-25-21(31)26-4-3-10-14(27(26)22(25)32)7-11-15(28)8-13(24)20(30)18(11)17(10)9-5-12(23)19(29)16(6-9)33-2/h3,5-6,8,14,17,29H,4,7H2,1-2H3/t14-,17+/m1/s1. The second-order valence-corrected chi connectivity index (χ2v) is 10.4. The van der Waals surface area contributed by atoms with Gasteiger partial charge in [0, 0.05) is 36.6 Å². The number of halogens is 2. The van der Waals surface area contributed by atoms with Gasteiger partial charge in [-0.25, -0.2) is 23.5 Å². The molecule has 0 spiro atoms. The Kier molecular flexibility index (Phi) is 5.30. The number of phenols is 1. The van der Waals surface area contributed by atoms with Crippen LogP contribution < -0.4 is 16.1 Å². The highest BCUT2D eigenvalue weighted by molar-refractivity contribution is 14.1. The molecule has 0 unspecified atom stereocenters. The summed E-state index contributed by atoms with van der Waals surface area (Å²) < 4.78 is 9.97. The summed E-state index contributed by atoms with van der Waals surface area (Å²) in [5, 5.41) is 10.3. The number of hydrogen-bond acceptors (Lipinski definition) is 6. The van der Waals surface area contributed by atoms with E-state index in [2.05, 4.69) is 0 Å². The molecule has 2 aliphatic carbocycles. The van der Waals surface area contributed by atoms with E-state index in [9.17, 15) is 24.3 Å². The molecule has 0 saturated heterocycles. The first-order chi connectivity index (χ1) is 15.6. The highest BCUT2D eigenvalue weighted by atomic mass is 127. The number of rotatable bonds is 2. The third-order valence-electron chi connectivity index (χ3n) is 6.40. The van der Waals surface area contributed by atoms with E-state index >= 15 is 0 Å². The third-order valence-corrected chi connectivity index (χ3v) is 8.02. The Balaban J connectivity index is 1.81. The van der Waals surface area contributed by atoms with Crippen molar-refractivity contribution in [1.82, 2.24) is 13.9 Å². The lowest BCUT2D eigenvalue weighted by molar-refractivity contribution is -0.115. The molecular formula is C22H17I2N3O6. The highest BCUT2D eigenvalue weighted by Crippen LogP contribution is 2.51. The van der Waals surface area contributed by atoms with Crippen LogP contribution in [0.15, 0.2) is 54.2 Å².